The Bertz CT molecular complexity index is 743. The molecule has 0 amide bonds. The Labute approximate surface area is 123 Å². The van der Waals surface area contributed by atoms with Crippen LogP contribution in [-0.4, -0.2) is 10.1 Å². The first-order valence-corrected chi connectivity index (χ1v) is 7.00. The summed E-state index contributed by atoms with van der Waals surface area (Å²) in [4.78, 5) is 4.53. The van der Waals surface area contributed by atoms with Crippen LogP contribution < -0.4 is 0 Å². The molecule has 0 radical (unpaired) electrons. The third-order valence-corrected chi connectivity index (χ3v) is 3.87. The molecule has 0 saturated carbocycles. The Morgan fingerprint density at radius 1 is 1.24 bits per heavy atom. The molecule has 0 N–H and O–H groups in total. The second-order valence-electron chi connectivity index (χ2n) is 4.27. The molecule has 0 aliphatic rings. The lowest BCUT2D eigenvalue weighted by Crippen LogP contribution is -1.91. The van der Waals surface area contributed by atoms with Gasteiger partial charge in [0.15, 0.2) is 5.76 Å². The lowest BCUT2D eigenvalue weighted by molar-refractivity contribution is 0.379. The molecule has 108 valence electrons. The summed E-state index contributed by atoms with van der Waals surface area (Å²) in [5.74, 6) is -0.0488. The van der Waals surface area contributed by atoms with E-state index in [2.05, 4.69) is 10.1 Å². The van der Waals surface area contributed by atoms with Crippen LogP contribution in [0.3, 0.4) is 0 Å². The molecular weight excluding hydrogens is 298 g/mol. The Balaban J connectivity index is 1.78. The maximum atomic E-state index is 13.6. The van der Waals surface area contributed by atoms with Gasteiger partial charge in [0, 0.05) is 11.0 Å². The minimum Gasteiger partial charge on any atom is -0.461 e. The van der Waals surface area contributed by atoms with E-state index in [0.717, 1.165) is 6.07 Å². The standard InChI is InChI=1S/C14H10F2N2O2S/c1-8(21-12-5-4-9(15)7-10(12)16)14-17-13(18-20-14)11-3-2-6-19-11/h2-8H,1H3/t8-/m1/s1. The zero-order chi connectivity index (χ0) is 14.8. The van der Waals surface area contributed by atoms with E-state index < -0.39 is 11.6 Å². The van der Waals surface area contributed by atoms with Gasteiger partial charge in [-0.15, -0.1) is 11.8 Å². The molecular formula is C14H10F2N2O2S. The monoisotopic (exact) mass is 308 g/mol. The lowest BCUT2D eigenvalue weighted by atomic mass is 10.3. The predicted octanol–water partition coefficient (Wildman–Crippen LogP) is 4.46. The minimum atomic E-state index is -0.613. The van der Waals surface area contributed by atoms with Gasteiger partial charge in [-0.2, -0.15) is 4.98 Å². The van der Waals surface area contributed by atoms with Crippen LogP contribution in [0.4, 0.5) is 8.78 Å². The maximum absolute atomic E-state index is 13.6. The van der Waals surface area contributed by atoms with Crippen molar-refractivity contribution in [2.45, 2.75) is 17.1 Å². The van der Waals surface area contributed by atoms with Crippen molar-refractivity contribution in [2.24, 2.45) is 0 Å². The summed E-state index contributed by atoms with van der Waals surface area (Å²) in [6, 6.07) is 6.87. The minimum absolute atomic E-state index is 0.277. The molecule has 0 aliphatic carbocycles. The number of aromatic nitrogens is 2. The van der Waals surface area contributed by atoms with E-state index in [4.69, 9.17) is 8.94 Å². The summed E-state index contributed by atoms with van der Waals surface area (Å²) in [5.41, 5.74) is 0. The number of nitrogens with zero attached hydrogens (tertiary/aromatic N) is 2. The van der Waals surface area contributed by atoms with Crippen molar-refractivity contribution in [1.82, 2.24) is 10.1 Å². The van der Waals surface area contributed by atoms with Crippen molar-refractivity contribution in [3.05, 3.63) is 54.1 Å². The average Bonchev–Trinajstić information content (AvgIpc) is 3.10. The molecule has 0 aliphatic heterocycles. The number of hydrogen-bond donors (Lipinski definition) is 0. The zero-order valence-electron chi connectivity index (χ0n) is 10.9. The average molecular weight is 308 g/mol. The van der Waals surface area contributed by atoms with Crippen LogP contribution in [0.15, 0.2) is 50.4 Å². The van der Waals surface area contributed by atoms with Gasteiger partial charge in [0.25, 0.3) is 0 Å². The molecule has 0 bridgehead atoms. The quantitative estimate of drug-likeness (QED) is 0.666. The van der Waals surface area contributed by atoms with E-state index in [9.17, 15) is 8.78 Å². The van der Waals surface area contributed by atoms with Crippen LogP contribution in [0.1, 0.15) is 18.1 Å². The summed E-state index contributed by atoms with van der Waals surface area (Å²) in [6.07, 6.45) is 1.51. The molecule has 0 saturated heterocycles. The van der Waals surface area contributed by atoms with E-state index in [-0.39, 0.29) is 5.25 Å². The third kappa shape index (κ3) is 2.97. The highest BCUT2D eigenvalue weighted by molar-refractivity contribution is 7.99. The van der Waals surface area contributed by atoms with E-state index in [0.29, 0.717) is 22.4 Å². The number of benzene rings is 1. The summed E-state index contributed by atoms with van der Waals surface area (Å²) >= 11 is 1.17. The van der Waals surface area contributed by atoms with Gasteiger partial charge in [-0.05, 0) is 31.2 Å². The van der Waals surface area contributed by atoms with Crippen LogP contribution in [0.25, 0.3) is 11.6 Å². The Hall–Kier alpha value is -2.15. The van der Waals surface area contributed by atoms with Crippen molar-refractivity contribution in [3.8, 4) is 11.6 Å². The summed E-state index contributed by atoms with van der Waals surface area (Å²) < 4.78 is 36.8. The van der Waals surface area contributed by atoms with Crippen molar-refractivity contribution in [2.75, 3.05) is 0 Å². The smallest absolute Gasteiger partial charge is 0.240 e. The molecule has 4 nitrogen and oxygen atoms in total. The molecule has 21 heavy (non-hydrogen) atoms. The molecule has 1 aromatic carbocycles. The molecule has 7 heteroatoms. The fraction of sp³-hybridized carbons (Fsp3) is 0.143. The molecule has 2 heterocycles. The predicted molar refractivity (Wildman–Crippen MR) is 72.6 cm³/mol. The summed E-state index contributed by atoms with van der Waals surface area (Å²) in [5, 5.41) is 3.53. The van der Waals surface area contributed by atoms with Gasteiger partial charge in [-0.1, -0.05) is 5.16 Å². The second kappa shape index (κ2) is 5.69. The summed E-state index contributed by atoms with van der Waals surface area (Å²) in [7, 11) is 0. The van der Waals surface area contributed by atoms with Crippen LogP contribution >= 0.6 is 11.8 Å². The fourth-order valence-electron chi connectivity index (χ4n) is 1.72. The third-order valence-electron chi connectivity index (χ3n) is 2.73. The normalized spacial score (nSPS) is 12.5. The van der Waals surface area contributed by atoms with Crippen molar-refractivity contribution in [3.63, 3.8) is 0 Å². The Morgan fingerprint density at radius 2 is 2.10 bits per heavy atom. The first-order valence-electron chi connectivity index (χ1n) is 6.12. The highest BCUT2D eigenvalue weighted by Crippen LogP contribution is 2.36. The molecule has 0 spiro atoms. The zero-order valence-corrected chi connectivity index (χ0v) is 11.7. The highest BCUT2D eigenvalue weighted by atomic mass is 32.2. The first kappa shape index (κ1) is 13.8. The van der Waals surface area contributed by atoms with E-state index >= 15 is 0 Å². The van der Waals surface area contributed by atoms with Gasteiger partial charge in [-0.25, -0.2) is 8.78 Å². The lowest BCUT2D eigenvalue weighted by Gasteiger charge is -2.07. The molecule has 3 rings (SSSR count). The van der Waals surface area contributed by atoms with Crippen LogP contribution in [0, 0.1) is 11.6 Å². The molecule has 3 aromatic rings. The second-order valence-corrected chi connectivity index (χ2v) is 5.65. The molecule has 0 unspecified atom stereocenters. The van der Waals surface area contributed by atoms with Crippen molar-refractivity contribution >= 4 is 11.8 Å². The van der Waals surface area contributed by atoms with Gasteiger partial charge >= 0.3 is 0 Å². The number of halogens is 2. The number of thioether (sulfide) groups is 1. The number of hydrogen-bond acceptors (Lipinski definition) is 5. The van der Waals surface area contributed by atoms with Crippen LogP contribution in [0.2, 0.25) is 0 Å². The van der Waals surface area contributed by atoms with Crippen LogP contribution in [-0.2, 0) is 0 Å². The van der Waals surface area contributed by atoms with Crippen molar-refractivity contribution in [1.29, 1.82) is 0 Å². The maximum Gasteiger partial charge on any atom is 0.240 e. The topological polar surface area (TPSA) is 52.1 Å². The highest BCUT2D eigenvalue weighted by Gasteiger charge is 2.19. The molecule has 0 fully saturated rings. The summed E-state index contributed by atoms with van der Waals surface area (Å²) in [6.45, 7) is 1.80. The van der Waals surface area contributed by atoms with Gasteiger partial charge in [-0.3, -0.25) is 0 Å². The van der Waals surface area contributed by atoms with E-state index in [1.54, 1.807) is 19.1 Å². The fourth-order valence-corrected chi connectivity index (χ4v) is 2.61. The molecule has 2 aromatic heterocycles. The number of furan rings is 1. The van der Waals surface area contributed by atoms with Gasteiger partial charge in [0.1, 0.15) is 11.6 Å². The Kier molecular flexibility index (Phi) is 3.74. The van der Waals surface area contributed by atoms with Gasteiger partial charge in [0.2, 0.25) is 11.7 Å². The largest absolute Gasteiger partial charge is 0.461 e. The Morgan fingerprint density at radius 3 is 2.81 bits per heavy atom. The first-order chi connectivity index (χ1) is 10.1. The van der Waals surface area contributed by atoms with Crippen molar-refractivity contribution < 1.29 is 17.7 Å². The van der Waals surface area contributed by atoms with E-state index in [1.165, 1.54) is 30.2 Å². The van der Waals surface area contributed by atoms with Gasteiger partial charge < -0.3 is 8.94 Å². The number of rotatable bonds is 4. The van der Waals surface area contributed by atoms with Gasteiger partial charge in [0.05, 0.1) is 11.5 Å². The van der Waals surface area contributed by atoms with E-state index in [1.807, 2.05) is 0 Å². The van der Waals surface area contributed by atoms with Crippen LogP contribution in [0.5, 0.6) is 0 Å². The molecule has 1 atom stereocenters. The SMILES string of the molecule is C[C@@H](Sc1ccc(F)cc1F)c1nc(-c2ccco2)no1.